The van der Waals surface area contributed by atoms with Crippen LogP contribution >= 0.6 is 0 Å². The highest BCUT2D eigenvalue weighted by atomic mass is 15.1. The van der Waals surface area contributed by atoms with Crippen molar-refractivity contribution >= 4 is 56.8 Å². The zero-order chi connectivity index (χ0) is 32.9. The van der Waals surface area contributed by atoms with Crippen molar-refractivity contribution in [2.45, 2.75) is 53.9 Å². The van der Waals surface area contributed by atoms with Crippen LogP contribution in [0.1, 0.15) is 70.0 Å². The Labute approximate surface area is 279 Å². The van der Waals surface area contributed by atoms with Gasteiger partial charge < -0.3 is 4.57 Å². The Bertz CT molecular complexity index is 2230. The van der Waals surface area contributed by atoms with Crippen LogP contribution in [0.3, 0.4) is 0 Å². The molecule has 0 radical (unpaired) electrons. The second-order valence-corrected chi connectivity index (χ2v) is 11.3. The van der Waals surface area contributed by atoms with Gasteiger partial charge in [0.2, 0.25) is 0 Å². The molecule has 0 bridgehead atoms. The van der Waals surface area contributed by atoms with Crippen LogP contribution in [0.2, 0.25) is 0 Å². The van der Waals surface area contributed by atoms with Gasteiger partial charge in [-0.15, -0.1) is 0 Å². The third-order valence-corrected chi connectivity index (χ3v) is 8.70. The summed E-state index contributed by atoms with van der Waals surface area (Å²) in [6.45, 7) is 14.7. The monoisotopic (exact) mass is 615 g/mol. The first-order valence-corrected chi connectivity index (χ1v) is 17.2. The van der Waals surface area contributed by atoms with Crippen molar-refractivity contribution in [3.8, 4) is 11.4 Å². The molecule has 3 heteroatoms. The lowest BCUT2D eigenvalue weighted by molar-refractivity contribution is 0.965. The maximum Gasteiger partial charge on any atom is 0.131 e. The maximum absolute atomic E-state index is 4.56. The number of allylic oxidation sites excluding steroid dienone is 8. The number of para-hydroxylation sites is 2. The summed E-state index contributed by atoms with van der Waals surface area (Å²) < 4.78 is 7.23. The van der Waals surface area contributed by atoms with Crippen LogP contribution in [0.4, 0.5) is 0 Å². The van der Waals surface area contributed by atoms with Crippen LogP contribution in [-0.4, -0.2) is 13.7 Å². The van der Waals surface area contributed by atoms with Crippen molar-refractivity contribution in [1.29, 1.82) is 0 Å². The molecule has 0 fully saturated rings. The minimum atomic E-state index is 0.849. The van der Waals surface area contributed by atoms with Crippen molar-refractivity contribution in [3.63, 3.8) is 0 Å². The quantitative estimate of drug-likeness (QED) is 0.171. The molecule has 0 saturated heterocycles. The van der Waals surface area contributed by atoms with Gasteiger partial charge in [0.25, 0.3) is 0 Å². The third-order valence-electron chi connectivity index (χ3n) is 8.70. The molecule has 2 aliphatic rings. The third kappa shape index (κ3) is 5.36. The summed E-state index contributed by atoms with van der Waals surface area (Å²) in [7, 11) is 0. The summed E-state index contributed by atoms with van der Waals surface area (Å²) in [6.07, 6.45) is 25.0. The molecule has 0 atom stereocenters. The Kier molecular flexibility index (Phi) is 9.45. The number of aromatic nitrogens is 3. The summed E-state index contributed by atoms with van der Waals surface area (Å²) in [5.74, 6) is 0. The SMILES string of the molecule is C=C(/C=C\CC)n1c2ccccc2c2c3c(n(-c4cccc(-n5c6c(c7ccccc75)C=CCC=C6)c4)c21)CC=CC=C3.CC.CC. The normalized spacial score (nSPS) is 13.2. The van der Waals surface area contributed by atoms with E-state index in [-0.39, 0.29) is 0 Å². The van der Waals surface area contributed by atoms with Gasteiger partial charge in [0.05, 0.1) is 16.7 Å². The molecular weight excluding hydrogens is 571 g/mol. The zero-order valence-electron chi connectivity index (χ0n) is 28.4. The number of fused-ring (bicyclic) bond motifs is 8. The molecule has 0 spiro atoms. The van der Waals surface area contributed by atoms with Gasteiger partial charge in [0, 0.05) is 56.5 Å². The second kappa shape index (κ2) is 14.0. The molecule has 0 aliphatic heterocycles. The minimum absolute atomic E-state index is 0.849. The molecule has 2 aliphatic carbocycles. The van der Waals surface area contributed by atoms with E-state index < -0.39 is 0 Å². The first-order chi connectivity index (χ1) is 23.3. The molecule has 6 aromatic rings. The van der Waals surface area contributed by atoms with Crippen LogP contribution < -0.4 is 0 Å². The first kappa shape index (κ1) is 31.7. The Morgan fingerprint density at radius 2 is 1.43 bits per heavy atom. The van der Waals surface area contributed by atoms with Gasteiger partial charge >= 0.3 is 0 Å². The highest BCUT2D eigenvalue weighted by Crippen LogP contribution is 2.41. The predicted octanol–water partition coefficient (Wildman–Crippen LogP) is 12.6. The Balaban J connectivity index is 0.000000932. The van der Waals surface area contributed by atoms with Gasteiger partial charge in [0.1, 0.15) is 5.65 Å². The number of rotatable bonds is 5. The van der Waals surface area contributed by atoms with E-state index in [0.29, 0.717) is 0 Å². The number of nitrogens with zero attached hydrogens (tertiary/aromatic N) is 3. The molecule has 3 nitrogen and oxygen atoms in total. The fourth-order valence-electron chi connectivity index (χ4n) is 6.90. The van der Waals surface area contributed by atoms with Crippen molar-refractivity contribution in [3.05, 3.63) is 144 Å². The zero-order valence-corrected chi connectivity index (χ0v) is 28.4. The van der Waals surface area contributed by atoms with Gasteiger partial charge in [-0.25, -0.2) is 0 Å². The lowest BCUT2D eigenvalue weighted by Crippen LogP contribution is -2.06. The summed E-state index contributed by atoms with van der Waals surface area (Å²) in [6, 6.07) is 26.5. The average molecular weight is 616 g/mol. The number of hydrogen-bond acceptors (Lipinski definition) is 0. The molecule has 0 N–H and O–H groups in total. The lowest BCUT2D eigenvalue weighted by Gasteiger charge is -2.17. The van der Waals surface area contributed by atoms with Crippen LogP contribution in [0, 0.1) is 0 Å². The smallest absolute Gasteiger partial charge is 0.131 e. The summed E-state index contributed by atoms with van der Waals surface area (Å²) in [5.41, 5.74) is 11.9. The Morgan fingerprint density at radius 3 is 2.21 bits per heavy atom. The van der Waals surface area contributed by atoms with Crippen molar-refractivity contribution in [2.24, 2.45) is 0 Å². The maximum atomic E-state index is 4.56. The fourth-order valence-corrected chi connectivity index (χ4v) is 6.90. The van der Waals surface area contributed by atoms with E-state index in [1.54, 1.807) is 0 Å². The van der Waals surface area contributed by atoms with Crippen LogP contribution in [0.5, 0.6) is 0 Å². The van der Waals surface area contributed by atoms with Gasteiger partial charge in [-0.3, -0.25) is 9.13 Å². The van der Waals surface area contributed by atoms with Crippen LogP contribution in [-0.2, 0) is 6.42 Å². The summed E-state index contributed by atoms with van der Waals surface area (Å²) >= 11 is 0. The van der Waals surface area contributed by atoms with E-state index in [1.807, 2.05) is 27.7 Å². The molecule has 0 saturated carbocycles. The van der Waals surface area contributed by atoms with E-state index in [1.165, 1.54) is 49.7 Å². The molecule has 3 heterocycles. The highest BCUT2D eigenvalue weighted by Gasteiger charge is 2.25. The standard InChI is InChI=1S/C40H33N3.2C2H6/c1-3-4-16-28(2)41-37-26-14-12-22-33(37)39-34-21-8-6-10-24-38(34)43(40(39)41)30-18-15-17-29(27-30)42-35-23-9-5-7-19-31(35)32-20-11-13-25-36(32)42;2*1-2/h4,6-23,25-27H,2-3,5,24H2,1H3;2*1-2H3/b16-4-;;. The molecule has 3 aromatic heterocycles. The minimum Gasteiger partial charge on any atom is -0.309 e. The van der Waals surface area contributed by atoms with Crippen molar-refractivity contribution < 1.29 is 0 Å². The fraction of sp³-hybridized carbons (Fsp3) is 0.182. The Morgan fingerprint density at radius 1 is 0.723 bits per heavy atom. The van der Waals surface area contributed by atoms with E-state index >= 15 is 0 Å². The largest absolute Gasteiger partial charge is 0.309 e. The highest BCUT2D eigenvalue weighted by molar-refractivity contribution is 6.14. The molecule has 3 aromatic carbocycles. The summed E-state index contributed by atoms with van der Waals surface area (Å²) in [4.78, 5) is 0. The van der Waals surface area contributed by atoms with E-state index in [9.17, 15) is 0 Å². The number of hydrogen-bond donors (Lipinski definition) is 0. The molecular formula is C44H45N3. The predicted molar refractivity (Wildman–Crippen MR) is 208 cm³/mol. The van der Waals surface area contributed by atoms with Gasteiger partial charge in [-0.05, 0) is 55.3 Å². The molecule has 0 unspecified atom stereocenters. The van der Waals surface area contributed by atoms with Gasteiger partial charge in [0.15, 0.2) is 0 Å². The van der Waals surface area contributed by atoms with Crippen molar-refractivity contribution in [1.82, 2.24) is 13.7 Å². The average Bonchev–Trinajstić information content (AvgIpc) is 3.54. The number of benzene rings is 3. The van der Waals surface area contributed by atoms with Crippen LogP contribution in [0.25, 0.3) is 68.1 Å². The molecule has 0 amide bonds. The van der Waals surface area contributed by atoms with E-state index in [4.69, 9.17) is 0 Å². The summed E-state index contributed by atoms with van der Waals surface area (Å²) in [5, 5.41) is 3.80. The topological polar surface area (TPSA) is 14.8 Å². The Hall–Kier alpha value is -5.28. The van der Waals surface area contributed by atoms with E-state index in [0.717, 1.165) is 42.0 Å². The molecule has 8 rings (SSSR count). The lowest BCUT2D eigenvalue weighted by atomic mass is 10.1. The van der Waals surface area contributed by atoms with Gasteiger partial charge in [-0.1, -0.05) is 132 Å². The van der Waals surface area contributed by atoms with Crippen molar-refractivity contribution in [2.75, 3.05) is 0 Å². The van der Waals surface area contributed by atoms with E-state index in [2.05, 4.69) is 161 Å². The first-order valence-electron chi connectivity index (χ1n) is 17.2. The van der Waals surface area contributed by atoms with Gasteiger partial charge in [-0.2, -0.15) is 0 Å². The molecule has 47 heavy (non-hydrogen) atoms. The molecule has 236 valence electrons. The van der Waals surface area contributed by atoms with Crippen LogP contribution in [0.15, 0.2) is 122 Å². The second-order valence-electron chi connectivity index (χ2n) is 11.3.